The molecule has 5 heteroatoms. The number of phenols is 1. The second kappa shape index (κ2) is 4.31. The summed E-state index contributed by atoms with van der Waals surface area (Å²) in [6.45, 7) is 0. The molecule has 0 aliphatic heterocycles. The normalized spacial score (nSPS) is 10.9. The van der Waals surface area contributed by atoms with Gasteiger partial charge in [0.25, 0.3) is 0 Å². The summed E-state index contributed by atoms with van der Waals surface area (Å²) in [4.78, 5) is 0. The maximum atomic E-state index is 9.44. The number of aromatic nitrogens is 3. The van der Waals surface area contributed by atoms with Crippen molar-refractivity contribution in [2.24, 2.45) is 0 Å². The third-order valence-corrected chi connectivity index (χ3v) is 2.93. The van der Waals surface area contributed by atoms with E-state index in [2.05, 4.69) is 10.2 Å². The molecule has 1 N–H and O–H groups in total. The number of pyridine rings is 1. The predicted molar refractivity (Wildman–Crippen MR) is 68.9 cm³/mol. The number of benzene rings is 1. The molecule has 0 atom stereocenters. The predicted octanol–water partition coefficient (Wildman–Crippen LogP) is 2.68. The van der Waals surface area contributed by atoms with Crippen molar-refractivity contribution in [2.45, 2.75) is 6.42 Å². The van der Waals surface area contributed by atoms with Crippen LogP contribution in [0.5, 0.6) is 5.75 Å². The van der Waals surface area contributed by atoms with Crippen LogP contribution < -0.4 is 0 Å². The first-order chi connectivity index (χ1) is 8.72. The second-order valence-electron chi connectivity index (χ2n) is 4.04. The molecule has 0 radical (unpaired) electrons. The average molecular weight is 260 g/mol. The van der Waals surface area contributed by atoms with Gasteiger partial charge in [-0.25, -0.2) is 0 Å². The number of nitrogens with zero attached hydrogens (tertiary/aromatic N) is 3. The zero-order valence-corrected chi connectivity index (χ0v) is 10.2. The third-order valence-electron chi connectivity index (χ3n) is 2.71. The molecule has 0 spiro atoms. The molecule has 0 amide bonds. The Morgan fingerprint density at radius 2 is 2.06 bits per heavy atom. The highest BCUT2D eigenvalue weighted by molar-refractivity contribution is 6.30. The molecule has 0 unspecified atom stereocenters. The topological polar surface area (TPSA) is 50.4 Å². The first kappa shape index (κ1) is 11.0. The van der Waals surface area contributed by atoms with E-state index in [-0.39, 0.29) is 5.75 Å². The van der Waals surface area contributed by atoms with Gasteiger partial charge in [0.2, 0.25) is 0 Å². The summed E-state index contributed by atoms with van der Waals surface area (Å²) in [5.74, 6) is 1.04. The summed E-state index contributed by atoms with van der Waals surface area (Å²) in [5, 5.41) is 18.3. The fourth-order valence-corrected chi connectivity index (χ4v) is 2.04. The fraction of sp³-hybridized carbons (Fsp3) is 0.0769. The molecular weight excluding hydrogens is 250 g/mol. The molecule has 3 aromatic rings. The van der Waals surface area contributed by atoms with Crippen molar-refractivity contribution in [3.05, 3.63) is 59.0 Å². The van der Waals surface area contributed by atoms with Gasteiger partial charge in [-0.2, -0.15) is 0 Å². The Bertz CT molecular complexity index is 708. The molecule has 3 rings (SSSR count). The van der Waals surface area contributed by atoms with Gasteiger partial charge in [-0.3, -0.25) is 4.40 Å². The summed E-state index contributed by atoms with van der Waals surface area (Å²) in [7, 11) is 0. The number of hydrogen-bond donors (Lipinski definition) is 1. The Morgan fingerprint density at radius 3 is 2.89 bits per heavy atom. The van der Waals surface area contributed by atoms with Gasteiger partial charge < -0.3 is 5.11 Å². The van der Waals surface area contributed by atoms with Crippen LogP contribution in [-0.2, 0) is 6.42 Å². The fourth-order valence-electron chi connectivity index (χ4n) is 1.88. The van der Waals surface area contributed by atoms with E-state index < -0.39 is 0 Å². The Hall–Kier alpha value is -2.07. The van der Waals surface area contributed by atoms with Crippen molar-refractivity contribution in [3.8, 4) is 5.75 Å². The van der Waals surface area contributed by atoms with Crippen molar-refractivity contribution in [1.29, 1.82) is 0 Å². The van der Waals surface area contributed by atoms with Crippen LogP contribution in [0.1, 0.15) is 11.4 Å². The second-order valence-corrected chi connectivity index (χ2v) is 4.47. The number of halogens is 1. The van der Waals surface area contributed by atoms with Crippen molar-refractivity contribution >= 4 is 17.2 Å². The zero-order chi connectivity index (χ0) is 12.5. The summed E-state index contributed by atoms with van der Waals surface area (Å²) in [6.07, 6.45) is 2.38. The van der Waals surface area contributed by atoms with E-state index in [1.54, 1.807) is 30.5 Å². The lowest BCUT2D eigenvalue weighted by molar-refractivity contribution is 0.474. The number of rotatable bonds is 2. The molecule has 0 saturated heterocycles. The lowest BCUT2D eigenvalue weighted by Gasteiger charge is -2.01. The summed E-state index contributed by atoms with van der Waals surface area (Å²) >= 11 is 5.96. The van der Waals surface area contributed by atoms with E-state index in [1.165, 1.54) is 0 Å². The molecule has 0 saturated carbocycles. The van der Waals surface area contributed by atoms with Crippen LogP contribution in [-0.4, -0.2) is 19.7 Å². The van der Waals surface area contributed by atoms with Crippen molar-refractivity contribution in [1.82, 2.24) is 14.6 Å². The summed E-state index contributed by atoms with van der Waals surface area (Å²) < 4.78 is 1.85. The molecule has 1 aromatic carbocycles. The Kier molecular flexibility index (Phi) is 2.64. The molecule has 4 nitrogen and oxygen atoms in total. The minimum atomic E-state index is 0.249. The molecule has 0 aliphatic rings. The Morgan fingerprint density at radius 1 is 1.17 bits per heavy atom. The zero-order valence-electron chi connectivity index (χ0n) is 9.42. The Balaban J connectivity index is 2.02. The van der Waals surface area contributed by atoms with Gasteiger partial charge in [0.1, 0.15) is 11.6 Å². The average Bonchev–Trinajstić information content (AvgIpc) is 2.72. The Labute approximate surface area is 108 Å². The first-order valence-corrected chi connectivity index (χ1v) is 5.87. The molecule has 2 aromatic heterocycles. The van der Waals surface area contributed by atoms with Gasteiger partial charge in [-0.1, -0.05) is 23.7 Å². The van der Waals surface area contributed by atoms with Crippen LogP contribution in [0.4, 0.5) is 0 Å². The van der Waals surface area contributed by atoms with Crippen molar-refractivity contribution in [3.63, 3.8) is 0 Å². The molecule has 0 aliphatic carbocycles. The van der Waals surface area contributed by atoms with Gasteiger partial charge in [0.15, 0.2) is 5.65 Å². The SMILES string of the molecule is Oc1cccc(Cc2nnc3ccc(Cl)cn23)c1. The number of hydrogen-bond acceptors (Lipinski definition) is 3. The number of fused-ring (bicyclic) bond motifs is 1. The monoisotopic (exact) mass is 259 g/mol. The van der Waals surface area contributed by atoms with Crippen LogP contribution >= 0.6 is 11.6 Å². The maximum Gasteiger partial charge on any atom is 0.160 e. The van der Waals surface area contributed by atoms with Crippen LogP contribution in [0.3, 0.4) is 0 Å². The third kappa shape index (κ3) is 2.02. The van der Waals surface area contributed by atoms with E-state index in [9.17, 15) is 5.11 Å². The molecular formula is C13H10ClN3O. The minimum Gasteiger partial charge on any atom is -0.508 e. The van der Waals surface area contributed by atoms with E-state index in [0.717, 1.165) is 17.0 Å². The highest BCUT2D eigenvalue weighted by Crippen LogP contribution is 2.16. The van der Waals surface area contributed by atoms with E-state index in [0.29, 0.717) is 11.4 Å². The van der Waals surface area contributed by atoms with Gasteiger partial charge in [0.05, 0.1) is 5.02 Å². The number of aromatic hydroxyl groups is 1. The largest absolute Gasteiger partial charge is 0.508 e. The highest BCUT2D eigenvalue weighted by Gasteiger charge is 2.07. The van der Waals surface area contributed by atoms with Crippen LogP contribution in [0.2, 0.25) is 5.02 Å². The van der Waals surface area contributed by atoms with Crippen LogP contribution in [0.15, 0.2) is 42.6 Å². The van der Waals surface area contributed by atoms with E-state index >= 15 is 0 Å². The molecule has 0 fully saturated rings. The van der Waals surface area contributed by atoms with Crippen LogP contribution in [0.25, 0.3) is 5.65 Å². The molecule has 90 valence electrons. The molecule has 2 heterocycles. The number of phenolic OH excluding ortho intramolecular Hbond substituents is 1. The standard InChI is InChI=1S/C13H10ClN3O/c14-10-4-5-12-15-16-13(17(12)8-10)7-9-2-1-3-11(18)6-9/h1-6,8,18H,7H2. The van der Waals surface area contributed by atoms with E-state index in [1.807, 2.05) is 16.5 Å². The highest BCUT2D eigenvalue weighted by atomic mass is 35.5. The van der Waals surface area contributed by atoms with Gasteiger partial charge in [0, 0.05) is 12.6 Å². The van der Waals surface area contributed by atoms with Gasteiger partial charge in [-0.05, 0) is 29.8 Å². The summed E-state index contributed by atoms with van der Waals surface area (Å²) in [6, 6.07) is 10.7. The van der Waals surface area contributed by atoms with Gasteiger partial charge >= 0.3 is 0 Å². The maximum absolute atomic E-state index is 9.44. The van der Waals surface area contributed by atoms with E-state index in [4.69, 9.17) is 11.6 Å². The van der Waals surface area contributed by atoms with Gasteiger partial charge in [-0.15, -0.1) is 10.2 Å². The molecule has 18 heavy (non-hydrogen) atoms. The quantitative estimate of drug-likeness (QED) is 0.770. The lowest BCUT2D eigenvalue weighted by atomic mass is 10.1. The smallest absolute Gasteiger partial charge is 0.160 e. The van der Waals surface area contributed by atoms with Crippen molar-refractivity contribution < 1.29 is 5.11 Å². The van der Waals surface area contributed by atoms with Crippen molar-refractivity contribution in [2.75, 3.05) is 0 Å². The minimum absolute atomic E-state index is 0.249. The van der Waals surface area contributed by atoms with Crippen LogP contribution in [0, 0.1) is 0 Å². The summed E-state index contributed by atoms with van der Waals surface area (Å²) in [5.41, 5.74) is 1.74. The first-order valence-electron chi connectivity index (χ1n) is 5.49. The molecule has 0 bridgehead atoms. The lowest BCUT2D eigenvalue weighted by Crippen LogP contribution is -1.96.